The average molecular weight is 395 g/mol. The maximum Gasteiger partial charge on any atom is 0.248 e. The smallest absolute Gasteiger partial charge is 0.248 e. The molecule has 8 heteroatoms. The third-order valence-corrected chi connectivity index (χ3v) is 5.31. The van der Waals surface area contributed by atoms with Gasteiger partial charge in [-0.05, 0) is 24.6 Å². The van der Waals surface area contributed by atoms with Gasteiger partial charge in [0.05, 0.1) is 12.5 Å². The summed E-state index contributed by atoms with van der Waals surface area (Å²) in [4.78, 5) is 18.6. The number of ether oxygens (including phenoxy) is 2. The zero-order chi connectivity index (χ0) is 20.2. The van der Waals surface area contributed by atoms with Gasteiger partial charge in [-0.25, -0.2) is 4.98 Å². The monoisotopic (exact) mass is 395 g/mol. The number of carbonyl (C=O) groups is 1. The summed E-state index contributed by atoms with van der Waals surface area (Å²) >= 11 is 0. The first-order chi connectivity index (χ1) is 14.2. The second-order valence-electron chi connectivity index (χ2n) is 7.13. The number of anilines is 1. The SMILES string of the molecule is COCC(=O)N1CC[C@H](c2ccc3c(NCc4ccccc4OC)n[nH]c3n2)C1. The van der Waals surface area contributed by atoms with E-state index in [0.717, 1.165) is 46.8 Å². The Morgan fingerprint density at radius 1 is 1.28 bits per heavy atom. The molecule has 3 aromatic rings. The van der Waals surface area contributed by atoms with E-state index in [1.807, 2.05) is 41.3 Å². The van der Waals surface area contributed by atoms with E-state index >= 15 is 0 Å². The lowest BCUT2D eigenvalue weighted by molar-refractivity contribution is -0.134. The summed E-state index contributed by atoms with van der Waals surface area (Å²) in [7, 11) is 3.21. The summed E-state index contributed by atoms with van der Waals surface area (Å²) in [6.45, 7) is 2.14. The number of para-hydroxylation sites is 1. The molecule has 29 heavy (non-hydrogen) atoms. The van der Waals surface area contributed by atoms with Crippen LogP contribution in [0.25, 0.3) is 11.0 Å². The van der Waals surface area contributed by atoms with Gasteiger partial charge in [0, 0.05) is 43.9 Å². The average Bonchev–Trinajstić information content (AvgIpc) is 3.39. The molecule has 0 radical (unpaired) electrons. The number of aromatic nitrogens is 3. The van der Waals surface area contributed by atoms with Crippen molar-refractivity contribution in [2.75, 3.05) is 39.2 Å². The predicted molar refractivity (Wildman–Crippen MR) is 110 cm³/mol. The van der Waals surface area contributed by atoms with Crippen LogP contribution in [0.4, 0.5) is 5.82 Å². The number of likely N-dealkylation sites (tertiary alicyclic amines) is 1. The Labute approximate surface area is 169 Å². The Bertz CT molecular complexity index is 1000. The Balaban J connectivity index is 1.46. The number of nitrogens with one attached hydrogen (secondary N) is 2. The third kappa shape index (κ3) is 4.02. The van der Waals surface area contributed by atoms with E-state index in [-0.39, 0.29) is 18.4 Å². The molecule has 1 aromatic carbocycles. The van der Waals surface area contributed by atoms with E-state index in [4.69, 9.17) is 14.5 Å². The van der Waals surface area contributed by atoms with Gasteiger partial charge in [-0.1, -0.05) is 18.2 Å². The molecule has 0 unspecified atom stereocenters. The number of benzene rings is 1. The molecule has 1 atom stereocenters. The van der Waals surface area contributed by atoms with Crippen molar-refractivity contribution in [3.63, 3.8) is 0 Å². The summed E-state index contributed by atoms with van der Waals surface area (Å²) in [6.07, 6.45) is 0.904. The fraction of sp³-hybridized carbons (Fsp3) is 0.381. The highest BCUT2D eigenvalue weighted by Crippen LogP contribution is 2.29. The van der Waals surface area contributed by atoms with Crippen LogP contribution < -0.4 is 10.1 Å². The van der Waals surface area contributed by atoms with Gasteiger partial charge in [-0.15, -0.1) is 0 Å². The van der Waals surface area contributed by atoms with E-state index in [1.165, 1.54) is 0 Å². The molecule has 0 bridgehead atoms. The highest BCUT2D eigenvalue weighted by molar-refractivity contribution is 5.87. The van der Waals surface area contributed by atoms with Crippen LogP contribution in [0.5, 0.6) is 5.75 Å². The molecule has 2 N–H and O–H groups in total. The topological polar surface area (TPSA) is 92.4 Å². The maximum atomic E-state index is 12.0. The van der Waals surface area contributed by atoms with Gasteiger partial charge in [0.2, 0.25) is 5.91 Å². The summed E-state index contributed by atoms with van der Waals surface area (Å²) in [5.41, 5.74) is 2.78. The van der Waals surface area contributed by atoms with Gasteiger partial charge in [-0.2, -0.15) is 5.10 Å². The first kappa shape index (κ1) is 19.2. The van der Waals surface area contributed by atoms with Gasteiger partial charge in [0.1, 0.15) is 12.4 Å². The number of fused-ring (bicyclic) bond motifs is 1. The fourth-order valence-corrected chi connectivity index (χ4v) is 3.75. The Kier molecular flexibility index (Phi) is 5.62. The quantitative estimate of drug-likeness (QED) is 0.639. The molecule has 1 aliphatic heterocycles. The van der Waals surface area contributed by atoms with Crippen LogP contribution in [0.3, 0.4) is 0 Å². The van der Waals surface area contributed by atoms with Crippen molar-refractivity contribution in [3.05, 3.63) is 47.7 Å². The zero-order valence-electron chi connectivity index (χ0n) is 16.6. The van der Waals surface area contributed by atoms with E-state index in [2.05, 4.69) is 15.5 Å². The largest absolute Gasteiger partial charge is 0.496 e. The Morgan fingerprint density at radius 2 is 2.14 bits per heavy atom. The van der Waals surface area contributed by atoms with Crippen molar-refractivity contribution >= 4 is 22.8 Å². The normalized spacial score (nSPS) is 16.3. The molecule has 1 fully saturated rings. The minimum atomic E-state index is 0.0282. The van der Waals surface area contributed by atoms with E-state index in [1.54, 1.807) is 14.2 Å². The van der Waals surface area contributed by atoms with Gasteiger partial charge in [0.15, 0.2) is 11.5 Å². The highest BCUT2D eigenvalue weighted by atomic mass is 16.5. The Hall–Kier alpha value is -3.13. The number of H-pyrrole nitrogens is 1. The molecular formula is C21H25N5O3. The molecule has 8 nitrogen and oxygen atoms in total. The van der Waals surface area contributed by atoms with Crippen LogP contribution >= 0.6 is 0 Å². The first-order valence-corrected chi connectivity index (χ1v) is 9.67. The van der Waals surface area contributed by atoms with Crippen LogP contribution in [0.1, 0.15) is 23.6 Å². The fourth-order valence-electron chi connectivity index (χ4n) is 3.75. The van der Waals surface area contributed by atoms with Crippen molar-refractivity contribution in [1.29, 1.82) is 0 Å². The lowest BCUT2D eigenvalue weighted by Gasteiger charge is -2.15. The summed E-state index contributed by atoms with van der Waals surface area (Å²) in [6, 6.07) is 12.0. The molecule has 1 saturated heterocycles. The number of rotatable bonds is 7. The van der Waals surface area contributed by atoms with Crippen molar-refractivity contribution in [3.8, 4) is 5.75 Å². The van der Waals surface area contributed by atoms with Gasteiger partial charge >= 0.3 is 0 Å². The van der Waals surface area contributed by atoms with Crippen molar-refractivity contribution in [1.82, 2.24) is 20.1 Å². The van der Waals surface area contributed by atoms with Gasteiger partial charge in [-0.3, -0.25) is 9.89 Å². The third-order valence-electron chi connectivity index (χ3n) is 5.31. The van der Waals surface area contributed by atoms with Crippen molar-refractivity contribution < 1.29 is 14.3 Å². The van der Waals surface area contributed by atoms with Crippen LogP contribution in [0.2, 0.25) is 0 Å². The standard InChI is InChI=1S/C21H25N5O3/c1-28-13-19(27)26-10-9-15(12-26)17-8-7-16-20(24-25-21(16)23-17)22-11-14-5-3-4-6-18(14)29-2/h3-8,15H,9-13H2,1-2H3,(H2,22,23,24,25)/t15-/m0/s1. The van der Waals surface area contributed by atoms with Gasteiger partial charge < -0.3 is 19.7 Å². The minimum absolute atomic E-state index is 0.0282. The summed E-state index contributed by atoms with van der Waals surface area (Å²) < 4.78 is 10.4. The molecule has 0 saturated carbocycles. The number of carbonyl (C=O) groups excluding carboxylic acids is 1. The van der Waals surface area contributed by atoms with E-state index < -0.39 is 0 Å². The van der Waals surface area contributed by atoms with Crippen LogP contribution in [-0.4, -0.2) is 59.9 Å². The summed E-state index contributed by atoms with van der Waals surface area (Å²) in [5, 5.41) is 11.7. The lowest BCUT2D eigenvalue weighted by Crippen LogP contribution is -2.31. The van der Waals surface area contributed by atoms with Crippen molar-refractivity contribution in [2.24, 2.45) is 0 Å². The number of nitrogens with zero attached hydrogens (tertiary/aromatic N) is 3. The zero-order valence-corrected chi connectivity index (χ0v) is 16.6. The molecule has 0 spiro atoms. The maximum absolute atomic E-state index is 12.0. The molecule has 0 aliphatic carbocycles. The molecular weight excluding hydrogens is 370 g/mol. The summed E-state index contributed by atoms with van der Waals surface area (Å²) in [5.74, 6) is 1.86. The van der Waals surface area contributed by atoms with Crippen LogP contribution in [-0.2, 0) is 16.1 Å². The second kappa shape index (κ2) is 8.48. The molecule has 1 amide bonds. The van der Waals surface area contributed by atoms with Crippen LogP contribution in [0, 0.1) is 0 Å². The number of pyridine rings is 1. The second-order valence-corrected chi connectivity index (χ2v) is 7.13. The first-order valence-electron chi connectivity index (χ1n) is 9.67. The van der Waals surface area contributed by atoms with Gasteiger partial charge in [0.25, 0.3) is 0 Å². The van der Waals surface area contributed by atoms with E-state index in [9.17, 15) is 4.79 Å². The number of amides is 1. The van der Waals surface area contributed by atoms with Crippen molar-refractivity contribution in [2.45, 2.75) is 18.9 Å². The number of methoxy groups -OCH3 is 2. The number of hydrogen-bond donors (Lipinski definition) is 2. The molecule has 3 heterocycles. The molecule has 152 valence electrons. The Morgan fingerprint density at radius 3 is 2.97 bits per heavy atom. The predicted octanol–water partition coefficient (Wildman–Crippen LogP) is 2.54. The lowest BCUT2D eigenvalue weighted by atomic mass is 10.0. The molecule has 2 aromatic heterocycles. The number of aromatic amines is 1. The number of hydrogen-bond acceptors (Lipinski definition) is 6. The minimum Gasteiger partial charge on any atom is -0.496 e. The molecule has 1 aliphatic rings. The van der Waals surface area contributed by atoms with E-state index in [0.29, 0.717) is 13.1 Å². The highest BCUT2D eigenvalue weighted by Gasteiger charge is 2.28. The molecule has 4 rings (SSSR count). The van der Waals surface area contributed by atoms with Crippen LogP contribution in [0.15, 0.2) is 36.4 Å².